The molecule has 4 aromatic heterocycles. The average Bonchev–Trinajstić information content (AvgIpc) is 3.48. The lowest BCUT2D eigenvalue weighted by atomic mass is 10.3. The lowest BCUT2D eigenvalue weighted by molar-refractivity contribution is 0.0723. The van der Waals surface area contributed by atoms with Crippen molar-refractivity contribution in [2.45, 2.75) is 19.9 Å². The van der Waals surface area contributed by atoms with E-state index in [1.807, 2.05) is 24.4 Å². The van der Waals surface area contributed by atoms with Crippen LogP contribution in [-0.4, -0.2) is 32.5 Å². The molecule has 138 valence electrons. The summed E-state index contributed by atoms with van der Waals surface area (Å²) in [5.41, 5.74) is 0.433. The zero-order chi connectivity index (χ0) is 18.6. The maximum absolute atomic E-state index is 12.9. The molecule has 0 saturated carbocycles. The highest BCUT2D eigenvalue weighted by atomic mass is 32.1. The maximum Gasteiger partial charge on any atom is 0.283 e. The zero-order valence-corrected chi connectivity index (χ0v) is 16.1. The number of thiazole rings is 1. The summed E-state index contributed by atoms with van der Waals surface area (Å²) < 4.78 is 10.9. The Morgan fingerprint density at radius 3 is 2.89 bits per heavy atom. The number of rotatable bonds is 7. The van der Waals surface area contributed by atoms with E-state index in [2.05, 4.69) is 15.2 Å². The molecule has 0 saturated heterocycles. The Morgan fingerprint density at radius 2 is 2.15 bits per heavy atom. The highest BCUT2D eigenvalue weighted by molar-refractivity contribution is 7.20. The van der Waals surface area contributed by atoms with E-state index in [0.717, 1.165) is 16.3 Å². The summed E-state index contributed by atoms with van der Waals surface area (Å²) in [6.07, 6.45) is 2.35. The molecular formula is C18H16N4O3S2. The first-order chi connectivity index (χ1) is 13.2. The van der Waals surface area contributed by atoms with Gasteiger partial charge in [-0.05, 0) is 30.0 Å². The maximum atomic E-state index is 12.9. The summed E-state index contributed by atoms with van der Waals surface area (Å²) in [6.45, 7) is 2.82. The second kappa shape index (κ2) is 7.85. The predicted octanol–water partition coefficient (Wildman–Crippen LogP) is 4.57. The Bertz CT molecular complexity index is 1010. The summed E-state index contributed by atoms with van der Waals surface area (Å²) in [5.74, 6) is 1.01. The molecule has 0 aliphatic rings. The number of nitrogens with zero attached hydrogens (tertiary/aromatic N) is 4. The second-order valence-corrected chi connectivity index (χ2v) is 7.53. The molecule has 4 rings (SSSR count). The van der Waals surface area contributed by atoms with Gasteiger partial charge in [-0.2, -0.15) is 0 Å². The second-order valence-electron chi connectivity index (χ2n) is 5.72. The fourth-order valence-corrected chi connectivity index (χ4v) is 4.16. The Hall–Kier alpha value is -2.78. The van der Waals surface area contributed by atoms with Crippen LogP contribution >= 0.6 is 22.7 Å². The van der Waals surface area contributed by atoms with Gasteiger partial charge < -0.3 is 13.7 Å². The average molecular weight is 400 g/mol. The van der Waals surface area contributed by atoms with Crippen molar-refractivity contribution in [1.82, 2.24) is 20.1 Å². The van der Waals surface area contributed by atoms with Gasteiger partial charge in [0.25, 0.3) is 11.8 Å². The molecule has 4 heterocycles. The number of carbonyl (C=O) groups is 1. The van der Waals surface area contributed by atoms with Crippen molar-refractivity contribution < 1.29 is 13.6 Å². The third-order valence-electron chi connectivity index (χ3n) is 3.76. The highest BCUT2D eigenvalue weighted by Crippen LogP contribution is 2.28. The molecule has 0 fully saturated rings. The van der Waals surface area contributed by atoms with Gasteiger partial charge >= 0.3 is 0 Å². The van der Waals surface area contributed by atoms with Gasteiger partial charge in [0, 0.05) is 11.9 Å². The normalized spacial score (nSPS) is 11.0. The van der Waals surface area contributed by atoms with E-state index in [4.69, 9.17) is 8.83 Å². The third-order valence-corrected chi connectivity index (χ3v) is 5.64. The van der Waals surface area contributed by atoms with Crippen molar-refractivity contribution in [3.8, 4) is 21.5 Å². The Morgan fingerprint density at radius 1 is 1.22 bits per heavy atom. The Kier molecular flexibility index (Phi) is 5.12. The summed E-state index contributed by atoms with van der Waals surface area (Å²) >= 11 is 3.07. The van der Waals surface area contributed by atoms with E-state index >= 15 is 0 Å². The number of amides is 1. The lowest BCUT2D eigenvalue weighted by Crippen LogP contribution is -2.31. The van der Waals surface area contributed by atoms with Gasteiger partial charge in [-0.15, -0.1) is 32.9 Å². The van der Waals surface area contributed by atoms with E-state index in [1.165, 1.54) is 11.3 Å². The Labute approximate surface area is 163 Å². The molecule has 27 heavy (non-hydrogen) atoms. The first-order valence-electron chi connectivity index (χ1n) is 8.39. The van der Waals surface area contributed by atoms with Crippen LogP contribution in [0.2, 0.25) is 0 Å². The van der Waals surface area contributed by atoms with Gasteiger partial charge in [0.15, 0.2) is 5.76 Å². The molecule has 0 aromatic carbocycles. The summed E-state index contributed by atoms with van der Waals surface area (Å²) in [7, 11) is 0. The van der Waals surface area contributed by atoms with Crippen molar-refractivity contribution >= 4 is 28.6 Å². The van der Waals surface area contributed by atoms with Crippen LogP contribution < -0.4 is 0 Å². The van der Waals surface area contributed by atoms with Gasteiger partial charge in [0.1, 0.15) is 10.7 Å². The zero-order valence-electron chi connectivity index (χ0n) is 14.5. The van der Waals surface area contributed by atoms with Crippen LogP contribution in [0.1, 0.15) is 29.7 Å². The number of carbonyl (C=O) groups excluding carboxylic acids is 1. The van der Waals surface area contributed by atoms with Gasteiger partial charge in [0.05, 0.1) is 17.7 Å². The van der Waals surface area contributed by atoms with Crippen LogP contribution in [0.15, 0.2) is 50.1 Å². The van der Waals surface area contributed by atoms with E-state index in [1.54, 1.807) is 40.0 Å². The number of thiophene rings is 1. The summed E-state index contributed by atoms with van der Waals surface area (Å²) in [4.78, 5) is 20.2. The fourth-order valence-electron chi connectivity index (χ4n) is 2.55. The smallest absolute Gasteiger partial charge is 0.283 e. The van der Waals surface area contributed by atoms with Crippen molar-refractivity contribution in [3.63, 3.8) is 0 Å². The van der Waals surface area contributed by atoms with Gasteiger partial charge in [-0.3, -0.25) is 4.79 Å². The predicted molar refractivity (Wildman–Crippen MR) is 102 cm³/mol. The number of furan rings is 1. The molecule has 0 N–H and O–H groups in total. The van der Waals surface area contributed by atoms with E-state index in [-0.39, 0.29) is 12.5 Å². The molecule has 0 aliphatic heterocycles. The quantitative estimate of drug-likeness (QED) is 0.452. The number of hydrogen-bond donors (Lipinski definition) is 0. The molecule has 0 aliphatic carbocycles. The minimum atomic E-state index is -0.145. The van der Waals surface area contributed by atoms with Crippen LogP contribution in [0, 0.1) is 0 Å². The monoisotopic (exact) mass is 400 g/mol. The standard InChI is InChI=1S/C18H16N4O3S2/c1-2-7-22(10-15-20-21-16(25-15)13-5-3-8-24-13)18(23)12-11-27-17(19-12)14-6-4-9-26-14/h3-6,8-9,11H,2,7,10H2,1H3. The van der Waals surface area contributed by atoms with Gasteiger partial charge in [-0.1, -0.05) is 13.0 Å². The largest absolute Gasteiger partial charge is 0.459 e. The van der Waals surface area contributed by atoms with Crippen molar-refractivity contribution in [2.24, 2.45) is 0 Å². The Balaban J connectivity index is 1.51. The summed E-state index contributed by atoms with van der Waals surface area (Å²) in [5, 5.41) is 12.6. The van der Waals surface area contributed by atoms with E-state index in [9.17, 15) is 4.79 Å². The molecule has 4 aromatic rings. The van der Waals surface area contributed by atoms with E-state index < -0.39 is 0 Å². The van der Waals surface area contributed by atoms with Gasteiger partial charge in [-0.25, -0.2) is 4.98 Å². The van der Waals surface area contributed by atoms with Crippen molar-refractivity contribution in [1.29, 1.82) is 0 Å². The molecular weight excluding hydrogens is 384 g/mol. The topological polar surface area (TPSA) is 85.3 Å². The molecule has 7 nitrogen and oxygen atoms in total. The molecule has 1 amide bonds. The molecule has 0 bridgehead atoms. The highest BCUT2D eigenvalue weighted by Gasteiger charge is 2.22. The minimum absolute atomic E-state index is 0.145. The van der Waals surface area contributed by atoms with Crippen LogP contribution in [0.25, 0.3) is 21.5 Å². The van der Waals surface area contributed by atoms with Crippen LogP contribution in [0.5, 0.6) is 0 Å². The van der Waals surface area contributed by atoms with Crippen LogP contribution in [0.4, 0.5) is 0 Å². The first-order valence-corrected chi connectivity index (χ1v) is 10.2. The molecule has 0 radical (unpaired) electrons. The summed E-state index contributed by atoms with van der Waals surface area (Å²) in [6, 6.07) is 7.46. The van der Waals surface area contributed by atoms with E-state index in [0.29, 0.717) is 29.8 Å². The van der Waals surface area contributed by atoms with Crippen molar-refractivity contribution in [3.05, 3.63) is 52.9 Å². The SMILES string of the molecule is CCCN(Cc1nnc(-c2ccco2)o1)C(=O)c1csc(-c2cccs2)n1. The van der Waals surface area contributed by atoms with Crippen LogP contribution in [0.3, 0.4) is 0 Å². The lowest BCUT2D eigenvalue weighted by Gasteiger charge is -2.18. The number of aromatic nitrogens is 3. The molecule has 9 heteroatoms. The molecule has 0 spiro atoms. The van der Waals surface area contributed by atoms with Gasteiger partial charge in [0.2, 0.25) is 5.89 Å². The fraction of sp³-hybridized carbons (Fsp3) is 0.222. The van der Waals surface area contributed by atoms with Crippen LogP contribution in [-0.2, 0) is 6.54 Å². The molecule has 0 unspecified atom stereocenters. The third kappa shape index (κ3) is 3.83. The molecule has 0 atom stereocenters. The number of hydrogen-bond acceptors (Lipinski definition) is 8. The first kappa shape index (κ1) is 17.6. The minimum Gasteiger partial charge on any atom is -0.459 e. The van der Waals surface area contributed by atoms with Crippen molar-refractivity contribution in [2.75, 3.05) is 6.54 Å².